The molecule has 1 aromatic carbocycles. The number of nitrogens with zero attached hydrogens (tertiary/aromatic N) is 1. The first kappa shape index (κ1) is 11.5. The SMILES string of the molecule is Cc1ccc(NC2CCCN(C)CC2)cc1. The Morgan fingerprint density at radius 2 is 1.88 bits per heavy atom. The van der Waals surface area contributed by atoms with E-state index in [2.05, 4.69) is 48.5 Å². The largest absolute Gasteiger partial charge is 0.382 e. The molecule has 1 aromatic rings. The van der Waals surface area contributed by atoms with Crippen molar-refractivity contribution in [2.45, 2.75) is 32.2 Å². The predicted molar refractivity (Wildman–Crippen MR) is 69.9 cm³/mol. The molecule has 1 heterocycles. The number of aryl methyl sites for hydroxylation is 1. The summed E-state index contributed by atoms with van der Waals surface area (Å²) < 4.78 is 0. The normalized spacial score (nSPS) is 22.8. The predicted octanol–water partition coefficient (Wildman–Crippen LogP) is 2.89. The standard InChI is InChI=1S/C14H22N2/c1-12-5-7-14(8-6-12)15-13-4-3-10-16(2)11-9-13/h5-8,13,15H,3-4,9-11H2,1-2H3. The molecule has 0 amide bonds. The average Bonchev–Trinajstić information content (AvgIpc) is 2.47. The van der Waals surface area contributed by atoms with Crippen molar-refractivity contribution in [3.05, 3.63) is 29.8 Å². The van der Waals surface area contributed by atoms with Crippen molar-refractivity contribution in [2.75, 3.05) is 25.5 Å². The lowest BCUT2D eigenvalue weighted by Crippen LogP contribution is -2.22. The minimum absolute atomic E-state index is 0.646. The van der Waals surface area contributed by atoms with E-state index in [4.69, 9.17) is 0 Å². The number of hydrogen-bond donors (Lipinski definition) is 1. The number of nitrogens with one attached hydrogen (secondary N) is 1. The van der Waals surface area contributed by atoms with Crippen LogP contribution in [0.1, 0.15) is 24.8 Å². The highest BCUT2D eigenvalue weighted by atomic mass is 15.1. The van der Waals surface area contributed by atoms with Crippen molar-refractivity contribution in [3.8, 4) is 0 Å². The van der Waals surface area contributed by atoms with Crippen LogP contribution in [-0.4, -0.2) is 31.1 Å². The molecule has 1 aliphatic rings. The van der Waals surface area contributed by atoms with Crippen LogP contribution in [0.4, 0.5) is 5.69 Å². The van der Waals surface area contributed by atoms with Gasteiger partial charge in [0.25, 0.3) is 0 Å². The molecule has 0 spiro atoms. The Labute approximate surface area is 98.7 Å². The van der Waals surface area contributed by atoms with Gasteiger partial charge in [-0.25, -0.2) is 0 Å². The Bertz CT molecular complexity index is 318. The van der Waals surface area contributed by atoms with Gasteiger partial charge in [-0.3, -0.25) is 0 Å². The molecule has 0 aliphatic carbocycles. The van der Waals surface area contributed by atoms with Crippen LogP contribution < -0.4 is 5.32 Å². The van der Waals surface area contributed by atoms with E-state index in [-0.39, 0.29) is 0 Å². The van der Waals surface area contributed by atoms with Gasteiger partial charge in [-0.15, -0.1) is 0 Å². The van der Waals surface area contributed by atoms with E-state index in [0.29, 0.717) is 6.04 Å². The average molecular weight is 218 g/mol. The summed E-state index contributed by atoms with van der Waals surface area (Å²) in [4.78, 5) is 2.43. The molecule has 1 atom stereocenters. The minimum Gasteiger partial charge on any atom is -0.382 e. The Morgan fingerprint density at radius 1 is 1.12 bits per heavy atom. The summed E-state index contributed by atoms with van der Waals surface area (Å²) >= 11 is 0. The minimum atomic E-state index is 0.646. The fourth-order valence-corrected chi connectivity index (χ4v) is 2.27. The highest BCUT2D eigenvalue weighted by molar-refractivity contribution is 5.45. The first-order valence-corrected chi connectivity index (χ1v) is 6.26. The topological polar surface area (TPSA) is 15.3 Å². The number of likely N-dealkylation sites (tertiary alicyclic amines) is 1. The third-order valence-corrected chi connectivity index (χ3v) is 3.37. The second kappa shape index (κ2) is 5.35. The van der Waals surface area contributed by atoms with E-state index >= 15 is 0 Å². The fourth-order valence-electron chi connectivity index (χ4n) is 2.27. The van der Waals surface area contributed by atoms with Crippen LogP contribution in [0.2, 0.25) is 0 Å². The summed E-state index contributed by atoms with van der Waals surface area (Å²) in [7, 11) is 2.22. The van der Waals surface area contributed by atoms with Crippen molar-refractivity contribution in [1.82, 2.24) is 4.90 Å². The molecular weight excluding hydrogens is 196 g/mol. The Morgan fingerprint density at radius 3 is 2.62 bits per heavy atom. The van der Waals surface area contributed by atoms with E-state index in [1.807, 2.05) is 0 Å². The molecule has 88 valence electrons. The molecule has 2 heteroatoms. The molecule has 16 heavy (non-hydrogen) atoms. The van der Waals surface area contributed by atoms with Gasteiger partial charge in [0.2, 0.25) is 0 Å². The molecule has 0 radical (unpaired) electrons. The van der Waals surface area contributed by atoms with Gasteiger partial charge in [-0.1, -0.05) is 17.7 Å². The first-order valence-electron chi connectivity index (χ1n) is 6.26. The highest BCUT2D eigenvalue weighted by Gasteiger charge is 2.14. The Kier molecular flexibility index (Phi) is 3.83. The molecule has 1 unspecified atom stereocenters. The summed E-state index contributed by atoms with van der Waals surface area (Å²) in [5, 5.41) is 3.64. The van der Waals surface area contributed by atoms with Crippen molar-refractivity contribution in [1.29, 1.82) is 0 Å². The summed E-state index contributed by atoms with van der Waals surface area (Å²) in [6.45, 7) is 4.58. The third-order valence-electron chi connectivity index (χ3n) is 3.37. The van der Waals surface area contributed by atoms with E-state index in [1.165, 1.54) is 43.6 Å². The molecule has 0 saturated carbocycles. The summed E-state index contributed by atoms with van der Waals surface area (Å²) in [6.07, 6.45) is 3.85. The van der Waals surface area contributed by atoms with Gasteiger partial charge in [0.1, 0.15) is 0 Å². The van der Waals surface area contributed by atoms with Crippen LogP contribution in [0.3, 0.4) is 0 Å². The number of anilines is 1. The lowest BCUT2D eigenvalue weighted by Gasteiger charge is -2.18. The second-order valence-corrected chi connectivity index (χ2v) is 4.94. The second-order valence-electron chi connectivity index (χ2n) is 4.94. The highest BCUT2D eigenvalue weighted by Crippen LogP contribution is 2.16. The fraction of sp³-hybridized carbons (Fsp3) is 0.571. The molecule has 1 saturated heterocycles. The Balaban J connectivity index is 1.91. The van der Waals surface area contributed by atoms with Gasteiger partial charge in [-0.2, -0.15) is 0 Å². The van der Waals surface area contributed by atoms with Crippen LogP contribution >= 0.6 is 0 Å². The van der Waals surface area contributed by atoms with Gasteiger partial charge >= 0.3 is 0 Å². The van der Waals surface area contributed by atoms with E-state index < -0.39 is 0 Å². The molecule has 2 nitrogen and oxygen atoms in total. The summed E-state index contributed by atoms with van der Waals surface area (Å²) in [6, 6.07) is 9.36. The Hall–Kier alpha value is -1.02. The maximum atomic E-state index is 3.64. The first-order chi connectivity index (χ1) is 7.74. The van der Waals surface area contributed by atoms with Crippen molar-refractivity contribution < 1.29 is 0 Å². The van der Waals surface area contributed by atoms with Crippen LogP contribution in [0.25, 0.3) is 0 Å². The summed E-state index contributed by atoms with van der Waals surface area (Å²) in [5.74, 6) is 0. The molecule has 2 rings (SSSR count). The molecule has 1 aliphatic heterocycles. The maximum Gasteiger partial charge on any atom is 0.0342 e. The van der Waals surface area contributed by atoms with Crippen molar-refractivity contribution >= 4 is 5.69 Å². The van der Waals surface area contributed by atoms with E-state index in [9.17, 15) is 0 Å². The monoisotopic (exact) mass is 218 g/mol. The zero-order chi connectivity index (χ0) is 11.4. The zero-order valence-electron chi connectivity index (χ0n) is 10.4. The lowest BCUT2D eigenvalue weighted by atomic mass is 10.1. The smallest absolute Gasteiger partial charge is 0.0342 e. The van der Waals surface area contributed by atoms with Gasteiger partial charge in [-0.05, 0) is 58.5 Å². The van der Waals surface area contributed by atoms with Crippen LogP contribution in [0.15, 0.2) is 24.3 Å². The third kappa shape index (κ3) is 3.24. The van der Waals surface area contributed by atoms with Gasteiger partial charge < -0.3 is 10.2 Å². The molecule has 0 bridgehead atoms. The molecule has 1 fully saturated rings. The quantitative estimate of drug-likeness (QED) is 0.821. The zero-order valence-corrected chi connectivity index (χ0v) is 10.4. The molecular formula is C14H22N2. The van der Waals surface area contributed by atoms with Gasteiger partial charge in [0.15, 0.2) is 0 Å². The summed E-state index contributed by atoms with van der Waals surface area (Å²) in [5.41, 5.74) is 2.59. The van der Waals surface area contributed by atoms with Crippen molar-refractivity contribution in [2.24, 2.45) is 0 Å². The number of benzene rings is 1. The maximum absolute atomic E-state index is 3.64. The molecule has 1 N–H and O–H groups in total. The van der Waals surface area contributed by atoms with Crippen LogP contribution in [0, 0.1) is 6.92 Å². The van der Waals surface area contributed by atoms with Gasteiger partial charge in [0.05, 0.1) is 0 Å². The number of hydrogen-bond acceptors (Lipinski definition) is 2. The lowest BCUT2D eigenvalue weighted by molar-refractivity contribution is 0.348. The van der Waals surface area contributed by atoms with E-state index in [0.717, 1.165) is 0 Å². The van der Waals surface area contributed by atoms with Gasteiger partial charge in [0, 0.05) is 11.7 Å². The van der Waals surface area contributed by atoms with E-state index in [1.54, 1.807) is 0 Å². The molecule has 0 aromatic heterocycles. The number of rotatable bonds is 2. The van der Waals surface area contributed by atoms with Crippen LogP contribution in [-0.2, 0) is 0 Å². The van der Waals surface area contributed by atoms with Crippen molar-refractivity contribution in [3.63, 3.8) is 0 Å². The van der Waals surface area contributed by atoms with Crippen LogP contribution in [0.5, 0.6) is 0 Å².